The highest BCUT2D eigenvalue weighted by Gasteiger charge is 2.34. The summed E-state index contributed by atoms with van der Waals surface area (Å²) in [5.41, 5.74) is 3.55. The van der Waals surface area contributed by atoms with Crippen molar-refractivity contribution in [3.8, 4) is 11.1 Å². The summed E-state index contributed by atoms with van der Waals surface area (Å²) in [4.78, 5) is 24.7. The number of hydrogen-bond donors (Lipinski definition) is 0. The molecule has 1 heterocycles. The van der Waals surface area contributed by atoms with Gasteiger partial charge in [0.15, 0.2) is 0 Å². The van der Waals surface area contributed by atoms with E-state index in [4.69, 9.17) is 9.47 Å². The molecule has 3 rings (SSSR count). The summed E-state index contributed by atoms with van der Waals surface area (Å²) in [5, 5.41) is 0. The van der Waals surface area contributed by atoms with Gasteiger partial charge in [0.1, 0.15) is 13.2 Å². The highest BCUT2D eigenvalue weighted by molar-refractivity contribution is 5.66. The Labute approximate surface area is 166 Å². The molecule has 28 heavy (non-hydrogen) atoms. The Kier molecular flexibility index (Phi) is 6.82. The van der Waals surface area contributed by atoms with Gasteiger partial charge in [-0.25, -0.2) is 0 Å². The molecule has 5 heteroatoms. The minimum atomic E-state index is -0.268. The Morgan fingerprint density at radius 3 is 1.82 bits per heavy atom. The highest BCUT2D eigenvalue weighted by Crippen LogP contribution is 2.28. The van der Waals surface area contributed by atoms with Crippen LogP contribution >= 0.6 is 0 Å². The van der Waals surface area contributed by atoms with Gasteiger partial charge >= 0.3 is 11.9 Å². The lowest BCUT2D eigenvalue weighted by molar-refractivity contribution is -0.143. The molecule has 2 aromatic carbocycles. The fourth-order valence-electron chi connectivity index (χ4n) is 3.70. The Hall–Kier alpha value is -2.66. The van der Waals surface area contributed by atoms with Gasteiger partial charge in [-0.1, -0.05) is 54.6 Å². The average molecular weight is 381 g/mol. The van der Waals surface area contributed by atoms with Crippen LogP contribution in [0.15, 0.2) is 54.6 Å². The molecule has 148 valence electrons. The molecule has 0 spiro atoms. The summed E-state index contributed by atoms with van der Waals surface area (Å²) in [6, 6.07) is 19.1. The van der Waals surface area contributed by atoms with Crippen LogP contribution in [-0.4, -0.2) is 42.1 Å². The maximum atomic E-state index is 11.2. The van der Waals surface area contributed by atoms with Gasteiger partial charge in [0.25, 0.3) is 0 Å². The third-order valence-corrected chi connectivity index (χ3v) is 5.16. The lowest BCUT2D eigenvalue weighted by atomic mass is 10.0. The Morgan fingerprint density at radius 1 is 0.821 bits per heavy atom. The second-order valence-electron chi connectivity index (χ2n) is 7.23. The van der Waals surface area contributed by atoms with E-state index >= 15 is 0 Å². The van der Waals surface area contributed by atoms with E-state index in [9.17, 15) is 9.59 Å². The van der Waals surface area contributed by atoms with Crippen LogP contribution in [0.5, 0.6) is 0 Å². The van der Waals surface area contributed by atoms with Crippen molar-refractivity contribution in [3.63, 3.8) is 0 Å². The Morgan fingerprint density at radius 2 is 1.32 bits per heavy atom. The third kappa shape index (κ3) is 5.42. The minimum Gasteiger partial charge on any atom is -0.464 e. The van der Waals surface area contributed by atoms with Crippen LogP contribution in [0.3, 0.4) is 0 Å². The molecule has 1 aliphatic heterocycles. The second-order valence-corrected chi connectivity index (χ2v) is 7.23. The molecule has 2 aromatic rings. The summed E-state index contributed by atoms with van der Waals surface area (Å²) < 4.78 is 10.5. The van der Waals surface area contributed by atoms with Crippen molar-refractivity contribution in [1.29, 1.82) is 0 Å². The predicted octanol–water partition coefficient (Wildman–Crippen LogP) is 3.81. The van der Waals surface area contributed by atoms with Gasteiger partial charge < -0.3 is 9.47 Å². The molecule has 1 fully saturated rings. The van der Waals surface area contributed by atoms with Crippen molar-refractivity contribution in [2.75, 3.05) is 13.2 Å². The quantitative estimate of drug-likeness (QED) is 0.683. The van der Waals surface area contributed by atoms with Crippen molar-refractivity contribution < 1.29 is 19.1 Å². The van der Waals surface area contributed by atoms with Crippen LogP contribution < -0.4 is 0 Å². The van der Waals surface area contributed by atoms with Crippen LogP contribution in [0.4, 0.5) is 0 Å². The predicted molar refractivity (Wildman–Crippen MR) is 107 cm³/mol. The topological polar surface area (TPSA) is 55.8 Å². The number of hydrogen-bond acceptors (Lipinski definition) is 5. The van der Waals surface area contributed by atoms with Gasteiger partial charge in [0.2, 0.25) is 0 Å². The molecular weight excluding hydrogens is 354 g/mol. The Balaban J connectivity index is 1.70. The van der Waals surface area contributed by atoms with Gasteiger partial charge in [-0.2, -0.15) is 0 Å². The van der Waals surface area contributed by atoms with Crippen LogP contribution in [0, 0.1) is 0 Å². The molecule has 0 radical (unpaired) electrons. The first-order chi connectivity index (χ1) is 13.5. The summed E-state index contributed by atoms with van der Waals surface area (Å²) in [7, 11) is 0. The third-order valence-electron chi connectivity index (χ3n) is 5.16. The molecule has 0 amide bonds. The monoisotopic (exact) mass is 381 g/mol. The van der Waals surface area contributed by atoms with E-state index in [1.165, 1.54) is 30.5 Å². The molecule has 1 saturated heterocycles. The SMILES string of the molecule is CC(=O)OC[C@H]1CC[C@H](COC(C)=O)N1Cc1ccc(-c2ccccc2)cc1. The number of esters is 2. The largest absolute Gasteiger partial charge is 0.464 e. The van der Waals surface area contributed by atoms with Gasteiger partial charge in [-0.05, 0) is 29.5 Å². The average Bonchev–Trinajstić information content (AvgIpc) is 3.07. The van der Waals surface area contributed by atoms with E-state index in [2.05, 4.69) is 41.3 Å². The molecule has 0 bridgehead atoms. The second kappa shape index (κ2) is 9.51. The van der Waals surface area contributed by atoms with E-state index < -0.39 is 0 Å². The van der Waals surface area contributed by atoms with Crippen LogP contribution in [0.25, 0.3) is 11.1 Å². The smallest absolute Gasteiger partial charge is 0.302 e. The van der Waals surface area contributed by atoms with Gasteiger partial charge in [0.05, 0.1) is 0 Å². The van der Waals surface area contributed by atoms with Gasteiger partial charge in [-0.15, -0.1) is 0 Å². The first-order valence-corrected chi connectivity index (χ1v) is 9.70. The molecule has 0 aliphatic carbocycles. The zero-order chi connectivity index (χ0) is 19.9. The summed E-state index contributed by atoms with van der Waals surface area (Å²) in [6.45, 7) is 4.32. The number of nitrogens with zero attached hydrogens (tertiary/aromatic N) is 1. The van der Waals surface area contributed by atoms with E-state index in [1.807, 2.05) is 18.2 Å². The number of likely N-dealkylation sites (tertiary alicyclic amines) is 1. The van der Waals surface area contributed by atoms with Gasteiger partial charge in [0, 0.05) is 32.5 Å². The lowest BCUT2D eigenvalue weighted by Gasteiger charge is -2.29. The zero-order valence-corrected chi connectivity index (χ0v) is 16.5. The van der Waals surface area contributed by atoms with E-state index in [-0.39, 0.29) is 24.0 Å². The maximum absolute atomic E-state index is 11.2. The number of ether oxygens (including phenoxy) is 2. The van der Waals surface area contributed by atoms with Gasteiger partial charge in [-0.3, -0.25) is 14.5 Å². The first-order valence-electron chi connectivity index (χ1n) is 9.70. The minimum absolute atomic E-state index is 0.137. The number of rotatable bonds is 7. The first kappa shape index (κ1) is 20.1. The van der Waals surface area contributed by atoms with Crippen LogP contribution in [0.1, 0.15) is 32.3 Å². The van der Waals surface area contributed by atoms with E-state index in [0.29, 0.717) is 13.2 Å². The molecular formula is C23H27NO4. The maximum Gasteiger partial charge on any atom is 0.302 e. The number of carbonyl (C=O) groups is 2. The lowest BCUT2D eigenvalue weighted by Crippen LogP contribution is -2.40. The van der Waals surface area contributed by atoms with Crippen molar-refractivity contribution in [2.45, 2.75) is 45.3 Å². The molecule has 5 nitrogen and oxygen atoms in total. The Bertz CT molecular complexity index is 762. The normalized spacial score (nSPS) is 19.4. The fourth-order valence-corrected chi connectivity index (χ4v) is 3.70. The molecule has 1 aliphatic rings. The molecule has 0 aromatic heterocycles. The standard InChI is InChI=1S/C23H27NO4/c1-17(25)27-15-22-12-13-23(16-28-18(2)26)24(22)14-19-8-10-21(11-9-19)20-6-4-3-5-7-20/h3-11,22-23H,12-16H2,1-2H3/t22-,23-/m1/s1. The van der Waals surface area contributed by atoms with E-state index in [0.717, 1.165) is 19.4 Å². The molecule has 0 saturated carbocycles. The molecule has 0 unspecified atom stereocenters. The fraction of sp³-hybridized carbons (Fsp3) is 0.391. The van der Waals surface area contributed by atoms with Crippen molar-refractivity contribution in [1.82, 2.24) is 4.90 Å². The van der Waals surface area contributed by atoms with Crippen LogP contribution in [-0.2, 0) is 25.6 Å². The molecule has 0 N–H and O–H groups in total. The van der Waals surface area contributed by atoms with Crippen molar-refractivity contribution >= 4 is 11.9 Å². The summed E-state index contributed by atoms with van der Waals surface area (Å²) >= 11 is 0. The molecule has 2 atom stereocenters. The number of carbonyl (C=O) groups excluding carboxylic acids is 2. The van der Waals surface area contributed by atoms with Crippen molar-refractivity contribution in [2.24, 2.45) is 0 Å². The zero-order valence-electron chi connectivity index (χ0n) is 16.5. The van der Waals surface area contributed by atoms with Crippen LogP contribution in [0.2, 0.25) is 0 Å². The van der Waals surface area contributed by atoms with Crippen molar-refractivity contribution in [3.05, 3.63) is 60.2 Å². The summed E-state index contributed by atoms with van der Waals surface area (Å²) in [5.74, 6) is -0.536. The highest BCUT2D eigenvalue weighted by atomic mass is 16.5. The summed E-state index contributed by atoms with van der Waals surface area (Å²) in [6.07, 6.45) is 1.84. The number of benzene rings is 2. The van der Waals surface area contributed by atoms with E-state index in [1.54, 1.807) is 0 Å².